The molecule has 5 nitrogen and oxygen atoms in total. The smallest absolute Gasteiger partial charge is 0.306 e. The van der Waals surface area contributed by atoms with E-state index in [4.69, 9.17) is 9.52 Å². The number of carboxylic acids is 1. The van der Waals surface area contributed by atoms with Gasteiger partial charge in [0, 0.05) is 17.0 Å². The summed E-state index contributed by atoms with van der Waals surface area (Å²) in [7, 11) is 0. The van der Waals surface area contributed by atoms with Gasteiger partial charge in [-0.1, -0.05) is 13.8 Å². The molecule has 0 spiro atoms. The van der Waals surface area contributed by atoms with Gasteiger partial charge < -0.3 is 14.8 Å². The predicted molar refractivity (Wildman–Crippen MR) is 100 cm³/mol. The maximum Gasteiger partial charge on any atom is 0.306 e. The summed E-state index contributed by atoms with van der Waals surface area (Å²) in [4.78, 5) is 23.5. The second-order valence-corrected chi connectivity index (χ2v) is 7.75. The lowest BCUT2D eigenvalue weighted by atomic mass is 9.86. The molecular formula is C21H27NO4. The molecule has 1 aliphatic rings. The number of carbonyl (C=O) groups is 2. The first kappa shape index (κ1) is 18.5. The Labute approximate surface area is 153 Å². The molecule has 0 bridgehead atoms. The number of fused-ring (bicyclic) bond motifs is 1. The molecule has 1 aromatic heterocycles. The van der Waals surface area contributed by atoms with Crippen LogP contribution in [-0.4, -0.2) is 23.0 Å². The van der Waals surface area contributed by atoms with Gasteiger partial charge in [-0.05, 0) is 61.8 Å². The van der Waals surface area contributed by atoms with Gasteiger partial charge in [-0.2, -0.15) is 0 Å². The summed E-state index contributed by atoms with van der Waals surface area (Å²) in [5.74, 6) is -0.604. The fraction of sp³-hybridized carbons (Fsp3) is 0.524. The molecule has 26 heavy (non-hydrogen) atoms. The number of furan rings is 1. The van der Waals surface area contributed by atoms with E-state index in [-0.39, 0.29) is 24.3 Å². The average molecular weight is 357 g/mol. The Kier molecular flexibility index (Phi) is 5.35. The van der Waals surface area contributed by atoms with Gasteiger partial charge in [-0.25, -0.2) is 0 Å². The van der Waals surface area contributed by atoms with Crippen molar-refractivity contribution in [3.8, 4) is 0 Å². The molecule has 1 aromatic carbocycles. The zero-order valence-electron chi connectivity index (χ0n) is 15.7. The van der Waals surface area contributed by atoms with Crippen LogP contribution in [0.15, 0.2) is 22.8 Å². The van der Waals surface area contributed by atoms with E-state index in [1.165, 1.54) is 11.1 Å². The third kappa shape index (κ3) is 3.92. The van der Waals surface area contributed by atoms with E-state index in [2.05, 4.69) is 32.2 Å². The van der Waals surface area contributed by atoms with E-state index in [0.717, 1.165) is 29.4 Å². The van der Waals surface area contributed by atoms with Gasteiger partial charge in [0.05, 0.1) is 18.6 Å². The molecule has 2 N–H and O–H groups in total. The molecule has 0 radical (unpaired) electrons. The fourth-order valence-corrected chi connectivity index (χ4v) is 3.94. The van der Waals surface area contributed by atoms with Gasteiger partial charge >= 0.3 is 5.97 Å². The summed E-state index contributed by atoms with van der Waals surface area (Å²) >= 11 is 0. The van der Waals surface area contributed by atoms with Crippen molar-refractivity contribution in [3.63, 3.8) is 0 Å². The SMILES string of the molecule is Cc1cc2occ(CC(=O)NC3CCC(C(=O)O)CC3)c2cc1C(C)C. The zero-order valence-corrected chi connectivity index (χ0v) is 15.7. The Balaban J connectivity index is 1.66. The van der Waals surface area contributed by atoms with Crippen LogP contribution in [0.5, 0.6) is 0 Å². The fourth-order valence-electron chi connectivity index (χ4n) is 3.94. The highest BCUT2D eigenvalue weighted by molar-refractivity contribution is 5.88. The molecule has 140 valence electrons. The number of nitrogens with one attached hydrogen (secondary N) is 1. The van der Waals surface area contributed by atoms with Crippen molar-refractivity contribution >= 4 is 22.8 Å². The van der Waals surface area contributed by atoms with Gasteiger partial charge in [0.2, 0.25) is 5.91 Å². The molecule has 1 aliphatic carbocycles. The minimum Gasteiger partial charge on any atom is -0.481 e. The second kappa shape index (κ2) is 7.52. The molecule has 1 heterocycles. The quantitative estimate of drug-likeness (QED) is 0.842. The minimum atomic E-state index is -0.726. The highest BCUT2D eigenvalue weighted by Crippen LogP contribution is 2.29. The zero-order chi connectivity index (χ0) is 18.8. The number of carbonyl (C=O) groups excluding carboxylic acids is 1. The summed E-state index contributed by atoms with van der Waals surface area (Å²) in [6.07, 6.45) is 4.68. The number of benzene rings is 1. The Hall–Kier alpha value is -2.30. The third-order valence-corrected chi connectivity index (χ3v) is 5.46. The first-order valence-electron chi connectivity index (χ1n) is 9.38. The first-order chi connectivity index (χ1) is 12.3. The molecule has 1 amide bonds. The second-order valence-electron chi connectivity index (χ2n) is 7.75. The van der Waals surface area contributed by atoms with Gasteiger partial charge in [0.15, 0.2) is 0 Å². The Morgan fingerprint density at radius 1 is 1.23 bits per heavy atom. The summed E-state index contributed by atoms with van der Waals surface area (Å²) in [6.45, 7) is 6.40. The van der Waals surface area contributed by atoms with E-state index in [1.54, 1.807) is 6.26 Å². The van der Waals surface area contributed by atoms with Crippen LogP contribution < -0.4 is 5.32 Å². The standard InChI is InChI=1S/C21H27NO4/c1-12(2)17-10-18-15(11-26-19(18)8-13(17)3)9-20(23)22-16-6-4-14(5-7-16)21(24)25/h8,10-12,14,16H,4-7,9H2,1-3H3,(H,22,23)(H,24,25). The third-order valence-electron chi connectivity index (χ3n) is 5.46. The van der Waals surface area contributed by atoms with Gasteiger partial charge in [0.1, 0.15) is 5.58 Å². The van der Waals surface area contributed by atoms with Crippen molar-refractivity contribution in [1.82, 2.24) is 5.32 Å². The summed E-state index contributed by atoms with van der Waals surface area (Å²) < 4.78 is 5.65. The van der Waals surface area contributed by atoms with Crippen LogP contribution in [0.2, 0.25) is 0 Å². The lowest BCUT2D eigenvalue weighted by molar-refractivity contribution is -0.142. The Bertz CT molecular complexity index is 813. The lowest BCUT2D eigenvalue weighted by Crippen LogP contribution is -2.39. The Morgan fingerprint density at radius 3 is 2.54 bits per heavy atom. The monoisotopic (exact) mass is 357 g/mol. The number of hydrogen-bond donors (Lipinski definition) is 2. The molecule has 3 rings (SSSR count). The van der Waals surface area contributed by atoms with Gasteiger partial charge in [-0.3, -0.25) is 9.59 Å². The highest BCUT2D eigenvalue weighted by Gasteiger charge is 2.26. The van der Waals surface area contributed by atoms with Crippen molar-refractivity contribution < 1.29 is 19.1 Å². The van der Waals surface area contributed by atoms with Crippen LogP contribution in [0.1, 0.15) is 62.1 Å². The summed E-state index contributed by atoms with van der Waals surface area (Å²) in [5, 5.41) is 13.1. The van der Waals surface area contributed by atoms with Crippen molar-refractivity contribution in [3.05, 3.63) is 35.1 Å². The minimum absolute atomic E-state index is 0.0295. The van der Waals surface area contributed by atoms with Crippen molar-refractivity contribution in [2.75, 3.05) is 0 Å². The molecule has 0 saturated heterocycles. The lowest BCUT2D eigenvalue weighted by Gasteiger charge is -2.26. The van der Waals surface area contributed by atoms with Crippen LogP contribution in [0.3, 0.4) is 0 Å². The van der Waals surface area contributed by atoms with Crippen LogP contribution in [-0.2, 0) is 16.0 Å². The van der Waals surface area contributed by atoms with Crippen molar-refractivity contribution in [2.45, 2.75) is 64.8 Å². The average Bonchev–Trinajstić information content (AvgIpc) is 2.95. The van der Waals surface area contributed by atoms with Crippen LogP contribution in [0.25, 0.3) is 11.0 Å². The topological polar surface area (TPSA) is 79.5 Å². The maximum atomic E-state index is 12.5. The summed E-state index contributed by atoms with van der Waals surface area (Å²) in [6, 6.07) is 4.25. The molecule has 1 saturated carbocycles. The molecule has 2 aromatic rings. The number of amides is 1. The van der Waals surface area contributed by atoms with Crippen LogP contribution >= 0.6 is 0 Å². The molecule has 0 aliphatic heterocycles. The van der Waals surface area contributed by atoms with Crippen molar-refractivity contribution in [2.24, 2.45) is 5.92 Å². The number of carboxylic acid groups (broad SMARTS) is 1. The van der Waals surface area contributed by atoms with Gasteiger partial charge in [0.25, 0.3) is 0 Å². The van der Waals surface area contributed by atoms with Crippen LogP contribution in [0, 0.1) is 12.8 Å². The molecule has 0 atom stereocenters. The molecule has 1 fully saturated rings. The van der Waals surface area contributed by atoms with Crippen molar-refractivity contribution in [1.29, 1.82) is 0 Å². The molecule has 5 heteroatoms. The number of rotatable bonds is 5. The number of hydrogen-bond acceptors (Lipinski definition) is 3. The normalized spacial score (nSPS) is 20.5. The van der Waals surface area contributed by atoms with E-state index in [1.807, 2.05) is 6.07 Å². The van der Waals surface area contributed by atoms with E-state index < -0.39 is 5.97 Å². The van der Waals surface area contributed by atoms with E-state index in [0.29, 0.717) is 18.8 Å². The number of aryl methyl sites for hydroxylation is 1. The summed E-state index contributed by atoms with van der Waals surface area (Å²) in [5.41, 5.74) is 4.19. The molecular weight excluding hydrogens is 330 g/mol. The van der Waals surface area contributed by atoms with Gasteiger partial charge in [-0.15, -0.1) is 0 Å². The Morgan fingerprint density at radius 2 is 1.92 bits per heavy atom. The maximum absolute atomic E-state index is 12.5. The van der Waals surface area contributed by atoms with E-state index >= 15 is 0 Å². The largest absolute Gasteiger partial charge is 0.481 e. The first-order valence-corrected chi connectivity index (χ1v) is 9.38. The molecule has 0 unspecified atom stereocenters. The van der Waals surface area contributed by atoms with E-state index in [9.17, 15) is 9.59 Å². The predicted octanol–water partition coefficient (Wildman–Crippen LogP) is 4.17. The van der Waals surface area contributed by atoms with Crippen LogP contribution in [0.4, 0.5) is 0 Å². The highest BCUT2D eigenvalue weighted by atomic mass is 16.4. The number of aliphatic carboxylic acids is 1.